The van der Waals surface area contributed by atoms with Gasteiger partial charge in [0.1, 0.15) is 11.9 Å². The number of hydrogen-bond acceptors (Lipinski definition) is 3. The molecule has 1 aliphatic carbocycles. The van der Waals surface area contributed by atoms with E-state index in [1.807, 2.05) is 0 Å². The molecule has 1 rings (SSSR count). The molecule has 0 saturated carbocycles. The topological polar surface area (TPSA) is 43.4 Å². The first-order chi connectivity index (χ1) is 6.29. The second-order valence-corrected chi connectivity index (χ2v) is 2.53. The second-order valence-electron chi connectivity index (χ2n) is 2.53. The first-order valence-electron chi connectivity index (χ1n) is 4.06. The Kier molecular flexibility index (Phi) is 3.23. The van der Waals surface area contributed by atoms with E-state index in [4.69, 9.17) is 4.74 Å². The van der Waals surface area contributed by atoms with Crippen LogP contribution in [-0.2, 0) is 14.3 Å². The molecule has 0 fully saturated rings. The third-order valence-corrected chi connectivity index (χ3v) is 1.68. The van der Waals surface area contributed by atoms with Gasteiger partial charge >= 0.3 is 5.97 Å². The third-order valence-electron chi connectivity index (χ3n) is 1.68. The summed E-state index contributed by atoms with van der Waals surface area (Å²) in [4.78, 5) is 21.7. The van der Waals surface area contributed by atoms with Crippen LogP contribution in [0.2, 0.25) is 0 Å². The van der Waals surface area contributed by atoms with Gasteiger partial charge in [0.2, 0.25) is 0 Å². The van der Waals surface area contributed by atoms with Crippen molar-refractivity contribution in [1.82, 2.24) is 0 Å². The van der Waals surface area contributed by atoms with Gasteiger partial charge in [0.05, 0.1) is 12.2 Å². The molecule has 0 aromatic rings. The molecule has 1 unspecified atom stereocenters. The van der Waals surface area contributed by atoms with Gasteiger partial charge in [-0.05, 0) is 13.0 Å². The van der Waals surface area contributed by atoms with Gasteiger partial charge in [-0.2, -0.15) is 0 Å². The summed E-state index contributed by atoms with van der Waals surface area (Å²) in [5.41, 5.74) is 0.320. The van der Waals surface area contributed by atoms with E-state index in [-0.39, 0.29) is 0 Å². The molecule has 0 spiro atoms. The minimum absolute atomic E-state index is 0.318. The molecule has 0 saturated heterocycles. The van der Waals surface area contributed by atoms with Crippen LogP contribution >= 0.6 is 0 Å². The predicted octanol–water partition coefficient (Wildman–Crippen LogP) is 1.05. The van der Waals surface area contributed by atoms with E-state index in [9.17, 15) is 9.59 Å². The molecule has 0 amide bonds. The van der Waals surface area contributed by atoms with Crippen LogP contribution in [0.3, 0.4) is 0 Å². The zero-order valence-corrected chi connectivity index (χ0v) is 7.32. The van der Waals surface area contributed by atoms with E-state index in [1.165, 1.54) is 0 Å². The number of carbonyl (C=O) groups is 1. The molecule has 0 aromatic heterocycles. The maximum Gasteiger partial charge on any atom is 0.318 e. The number of hydrogen-bond donors (Lipinski definition) is 0. The van der Waals surface area contributed by atoms with Crippen LogP contribution in [-0.4, -0.2) is 18.5 Å². The molecule has 0 radical (unpaired) electrons. The summed E-state index contributed by atoms with van der Waals surface area (Å²) >= 11 is 0. The Balaban J connectivity index is 2.79. The highest BCUT2D eigenvalue weighted by molar-refractivity contribution is 5.83. The van der Waals surface area contributed by atoms with Crippen molar-refractivity contribution in [2.75, 3.05) is 6.61 Å². The largest absolute Gasteiger partial charge is 0.465 e. The van der Waals surface area contributed by atoms with E-state index in [0.717, 1.165) is 0 Å². The third kappa shape index (κ3) is 2.17. The molecule has 0 aromatic carbocycles. The van der Waals surface area contributed by atoms with Crippen LogP contribution in [0, 0.1) is 5.92 Å². The summed E-state index contributed by atoms with van der Waals surface area (Å²) in [5.74, 6) is 0.739. The molecule has 0 bridgehead atoms. The average Bonchev–Trinajstić information content (AvgIpc) is 2.18. The summed E-state index contributed by atoms with van der Waals surface area (Å²) in [6, 6.07) is 0. The lowest BCUT2D eigenvalue weighted by Crippen LogP contribution is -2.18. The Morgan fingerprint density at radius 1 is 1.62 bits per heavy atom. The Morgan fingerprint density at radius 2 is 2.38 bits per heavy atom. The minimum atomic E-state index is -0.581. The SMILES string of the molecule is CCOC(=O)C1C=CC=CC1=C=O. The molecule has 1 aliphatic rings. The molecule has 3 heteroatoms. The zero-order chi connectivity index (χ0) is 9.68. The van der Waals surface area contributed by atoms with Gasteiger partial charge in [-0.15, -0.1) is 0 Å². The monoisotopic (exact) mass is 178 g/mol. The number of esters is 1. The van der Waals surface area contributed by atoms with Crippen molar-refractivity contribution in [3.63, 3.8) is 0 Å². The van der Waals surface area contributed by atoms with E-state index in [1.54, 1.807) is 37.2 Å². The molecule has 1 atom stereocenters. The van der Waals surface area contributed by atoms with Crippen LogP contribution in [0.25, 0.3) is 0 Å². The number of carbonyl (C=O) groups excluding carboxylic acids is 2. The fourth-order valence-corrected chi connectivity index (χ4v) is 1.08. The highest BCUT2D eigenvalue weighted by Gasteiger charge is 2.21. The Labute approximate surface area is 76.4 Å². The van der Waals surface area contributed by atoms with Crippen LogP contribution in [0.1, 0.15) is 6.92 Å². The standard InChI is InChI=1S/C10H10O3/c1-2-13-10(12)9-6-4-3-5-8(9)7-11/h3-6,9H,2H2,1H3. The quantitative estimate of drug-likeness (QED) is 0.469. The molecular weight excluding hydrogens is 168 g/mol. The lowest BCUT2D eigenvalue weighted by atomic mass is 9.96. The Bertz CT molecular complexity index is 306. The lowest BCUT2D eigenvalue weighted by Gasteiger charge is -2.11. The van der Waals surface area contributed by atoms with Gasteiger partial charge in [-0.3, -0.25) is 4.79 Å². The predicted molar refractivity (Wildman–Crippen MR) is 47.6 cm³/mol. The zero-order valence-electron chi connectivity index (χ0n) is 7.32. The first kappa shape index (κ1) is 9.49. The minimum Gasteiger partial charge on any atom is -0.465 e. The van der Waals surface area contributed by atoms with E-state index in [2.05, 4.69) is 0 Å². The Hall–Kier alpha value is -1.60. The molecular formula is C10H10O3. The highest BCUT2D eigenvalue weighted by Crippen LogP contribution is 2.17. The number of allylic oxidation sites excluding steroid dienone is 3. The van der Waals surface area contributed by atoms with Gasteiger partial charge in [0.15, 0.2) is 0 Å². The van der Waals surface area contributed by atoms with Gasteiger partial charge in [0, 0.05) is 0 Å². The van der Waals surface area contributed by atoms with Crippen molar-refractivity contribution < 1.29 is 14.3 Å². The summed E-state index contributed by atoms with van der Waals surface area (Å²) in [6.45, 7) is 2.05. The van der Waals surface area contributed by atoms with Crippen LogP contribution in [0.4, 0.5) is 0 Å². The maximum absolute atomic E-state index is 11.3. The Morgan fingerprint density at radius 3 is 3.00 bits per heavy atom. The lowest BCUT2D eigenvalue weighted by molar-refractivity contribution is -0.145. The van der Waals surface area contributed by atoms with Gasteiger partial charge in [-0.1, -0.05) is 18.2 Å². The van der Waals surface area contributed by atoms with Crippen molar-refractivity contribution in [2.24, 2.45) is 5.92 Å². The summed E-state index contributed by atoms with van der Waals surface area (Å²) < 4.78 is 4.79. The van der Waals surface area contributed by atoms with Crippen LogP contribution in [0.5, 0.6) is 0 Å². The van der Waals surface area contributed by atoms with Crippen LogP contribution < -0.4 is 0 Å². The molecule has 68 valence electrons. The summed E-state index contributed by atoms with van der Waals surface area (Å²) in [6.07, 6.45) is 6.59. The van der Waals surface area contributed by atoms with E-state index >= 15 is 0 Å². The summed E-state index contributed by atoms with van der Waals surface area (Å²) in [5, 5.41) is 0. The normalized spacial score (nSPS) is 19.8. The highest BCUT2D eigenvalue weighted by atomic mass is 16.5. The number of ether oxygens (including phenoxy) is 1. The second kappa shape index (κ2) is 4.43. The molecule has 0 aliphatic heterocycles. The van der Waals surface area contributed by atoms with Crippen molar-refractivity contribution in [1.29, 1.82) is 0 Å². The van der Waals surface area contributed by atoms with Crippen molar-refractivity contribution >= 4 is 11.9 Å². The van der Waals surface area contributed by atoms with Crippen molar-refractivity contribution in [3.05, 3.63) is 29.9 Å². The van der Waals surface area contributed by atoms with Crippen LogP contribution in [0.15, 0.2) is 29.9 Å². The smallest absolute Gasteiger partial charge is 0.318 e. The van der Waals surface area contributed by atoms with Crippen molar-refractivity contribution in [2.45, 2.75) is 6.92 Å². The fraction of sp³-hybridized carbons (Fsp3) is 0.300. The molecule has 0 heterocycles. The van der Waals surface area contributed by atoms with Gasteiger partial charge in [0.25, 0.3) is 0 Å². The molecule has 0 N–H and O–H groups in total. The van der Waals surface area contributed by atoms with Gasteiger partial charge in [-0.25, -0.2) is 4.79 Å². The fourth-order valence-electron chi connectivity index (χ4n) is 1.08. The first-order valence-corrected chi connectivity index (χ1v) is 4.06. The average molecular weight is 178 g/mol. The molecule has 3 nitrogen and oxygen atoms in total. The maximum atomic E-state index is 11.3. The number of rotatable bonds is 2. The summed E-state index contributed by atoms with van der Waals surface area (Å²) in [7, 11) is 0. The van der Waals surface area contributed by atoms with E-state index in [0.29, 0.717) is 12.2 Å². The van der Waals surface area contributed by atoms with Gasteiger partial charge < -0.3 is 4.74 Å². The van der Waals surface area contributed by atoms with E-state index < -0.39 is 11.9 Å². The molecule has 13 heavy (non-hydrogen) atoms. The van der Waals surface area contributed by atoms with Crippen molar-refractivity contribution in [3.8, 4) is 0 Å².